The van der Waals surface area contributed by atoms with Crippen LogP contribution >= 0.6 is 11.6 Å². The molecule has 4 nitrogen and oxygen atoms in total. The maximum absolute atomic E-state index is 12.2. The monoisotopic (exact) mass is 339 g/mol. The van der Waals surface area contributed by atoms with Crippen molar-refractivity contribution in [1.29, 1.82) is 0 Å². The molecule has 2 aromatic carbocycles. The second kappa shape index (κ2) is 7.13. The molecular weight excluding hydrogens is 322 g/mol. The first-order valence-corrected chi connectivity index (χ1v) is 8.58. The maximum atomic E-state index is 12.2. The summed E-state index contributed by atoms with van der Waals surface area (Å²) in [6, 6.07) is 13.9. The first-order chi connectivity index (χ1) is 10.4. The normalized spacial score (nSPS) is 11.4. The van der Waals surface area contributed by atoms with Crippen LogP contribution in [-0.2, 0) is 20.7 Å². The van der Waals surface area contributed by atoms with E-state index in [4.69, 9.17) is 15.8 Å². The van der Waals surface area contributed by atoms with Crippen molar-refractivity contribution in [1.82, 2.24) is 0 Å². The van der Waals surface area contributed by atoms with Crippen LogP contribution < -0.4 is 4.90 Å². The van der Waals surface area contributed by atoms with Gasteiger partial charge in [0.2, 0.25) is 0 Å². The molecular formula is C16H18ClNO3S. The van der Waals surface area contributed by atoms with Crippen molar-refractivity contribution in [3.05, 3.63) is 59.1 Å². The van der Waals surface area contributed by atoms with Crippen LogP contribution in [-0.4, -0.2) is 29.1 Å². The summed E-state index contributed by atoms with van der Waals surface area (Å²) in [5.41, 5.74) is 1.78. The highest BCUT2D eigenvalue weighted by atomic mass is 35.5. The van der Waals surface area contributed by atoms with Crippen LogP contribution in [0.5, 0.6) is 0 Å². The molecule has 0 radical (unpaired) electrons. The molecule has 0 aliphatic carbocycles. The zero-order valence-corrected chi connectivity index (χ0v) is 14.1. The van der Waals surface area contributed by atoms with Gasteiger partial charge < -0.3 is 4.90 Å². The van der Waals surface area contributed by atoms with E-state index < -0.39 is 10.1 Å². The Kier molecular flexibility index (Phi) is 5.45. The van der Waals surface area contributed by atoms with Crippen molar-refractivity contribution in [3.8, 4) is 0 Å². The second-order valence-corrected chi connectivity index (χ2v) is 7.10. The van der Waals surface area contributed by atoms with Crippen LogP contribution in [0.25, 0.3) is 0 Å². The summed E-state index contributed by atoms with van der Waals surface area (Å²) < 4.78 is 29.5. The summed E-state index contributed by atoms with van der Waals surface area (Å²) in [6.07, 6.45) is 0.504. The lowest BCUT2D eigenvalue weighted by atomic mass is 10.2. The van der Waals surface area contributed by atoms with Crippen molar-refractivity contribution in [3.63, 3.8) is 0 Å². The Balaban J connectivity index is 2.02. The lowest BCUT2D eigenvalue weighted by Crippen LogP contribution is -2.12. The molecule has 6 heteroatoms. The lowest BCUT2D eigenvalue weighted by Gasteiger charge is -2.13. The number of anilines is 1. The fourth-order valence-corrected chi connectivity index (χ4v) is 2.98. The Morgan fingerprint density at radius 2 is 1.77 bits per heavy atom. The van der Waals surface area contributed by atoms with Gasteiger partial charge in [0.05, 0.1) is 11.5 Å². The Bertz CT molecular complexity index is 727. The molecule has 2 aromatic rings. The molecule has 0 fully saturated rings. The molecule has 0 unspecified atom stereocenters. The molecule has 118 valence electrons. The van der Waals surface area contributed by atoms with E-state index in [1.165, 1.54) is 6.07 Å². The zero-order valence-electron chi connectivity index (χ0n) is 12.5. The molecule has 0 N–H and O–H groups in total. The molecule has 0 atom stereocenters. The minimum Gasteiger partial charge on any atom is -0.378 e. The van der Waals surface area contributed by atoms with Gasteiger partial charge in [0.25, 0.3) is 10.1 Å². The quantitative estimate of drug-likeness (QED) is 0.757. The van der Waals surface area contributed by atoms with E-state index >= 15 is 0 Å². The van der Waals surface area contributed by atoms with E-state index in [9.17, 15) is 8.42 Å². The van der Waals surface area contributed by atoms with Gasteiger partial charge in [-0.3, -0.25) is 4.18 Å². The highest BCUT2D eigenvalue weighted by molar-refractivity contribution is 7.86. The van der Waals surface area contributed by atoms with E-state index in [-0.39, 0.29) is 11.5 Å². The van der Waals surface area contributed by atoms with Crippen LogP contribution in [0.2, 0.25) is 5.02 Å². The summed E-state index contributed by atoms with van der Waals surface area (Å²) >= 11 is 5.81. The van der Waals surface area contributed by atoms with Crippen LogP contribution in [0.15, 0.2) is 53.4 Å². The molecule has 22 heavy (non-hydrogen) atoms. The molecule has 0 aliphatic heterocycles. The largest absolute Gasteiger partial charge is 0.378 e. The number of halogens is 1. The first kappa shape index (κ1) is 16.8. The van der Waals surface area contributed by atoms with E-state index in [1.54, 1.807) is 24.3 Å². The van der Waals surface area contributed by atoms with Gasteiger partial charge >= 0.3 is 0 Å². The molecule has 2 rings (SSSR count). The van der Waals surface area contributed by atoms with Crippen molar-refractivity contribution >= 4 is 27.4 Å². The molecule has 0 aliphatic rings. The third-order valence-electron chi connectivity index (χ3n) is 3.17. The summed E-state index contributed by atoms with van der Waals surface area (Å²) in [5.74, 6) is 0. The Morgan fingerprint density at radius 3 is 2.41 bits per heavy atom. The molecule has 0 saturated carbocycles. The third kappa shape index (κ3) is 4.47. The predicted molar refractivity (Wildman–Crippen MR) is 89.1 cm³/mol. The second-order valence-electron chi connectivity index (χ2n) is 5.04. The topological polar surface area (TPSA) is 46.6 Å². The SMILES string of the molecule is CN(C)c1cccc(S(=O)(=O)OCCc2ccc(Cl)cc2)c1. The highest BCUT2D eigenvalue weighted by Gasteiger charge is 2.15. The average molecular weight is 340 g/mol. The first-order valence-electron chi connectivity index (χ1n) is 6.80. The predicted octanol–water partition coefficient (Wildman–Crippen LogP) is 3.35. The van der Waals surface area contributed by atoms with E-state index in [1.807, 2.05) is 37.2 Å². The number of benzene rings is 2. The summed E-state index contributed by atoms with van der Waals surface area (Å²) in [4.78, 5) is 2.00. The van der Waals surface area contributed by atoms with Crippen LogP contribution in [0.3, 0.4) is 0 Å². The summed E-state index contributed by atoms with van der Waals surface area (Å²) in [5, 5.41) is 0.651. The van der Waals surface area contributed by atoms with Gasteiger partial charge in [-0.25, -0.2) is 0 Å². The van der Waals surface area contributed by atoms with Gasteiger partial charge in [0.1, 0.15) is 0 Å². The van der Waals surface area contributed by atoms with E-state index in [0.29, 0.717) is 11.4 Å². The third-order valence-corrected chi connectivity index (χ3v) is 4.73. The van der Waals surface area contributed by atoms with Gasteiger partial charge in [-0.15, -0.1) is 0 Å². The number of hydrogen-bond donors (Lipinski definition) is 0. The highest BCUT2D eigenvalue weighted by Crippen LogP contribution is 2.19. The van der Waals surface area contributed by atoms with Crippen molar-refractivity contribution in [2.24, 2.45) is 0 Å². The molecule has 0 amide bonds. The number of hydrogen-bond acceptors (Lipinski definition) is 4. The Hall–Kier alpha value is -1.56. The molecule has 0 aromatic heterocycles. The number of nitrogens with zero attached hydrogens (tertiary/aromatic N) is 1. The van der Waals surface area contributed by atoms with Crippen LogP contribution in [0.1, 0.15) is 5.56 Å². The maximum Gasteiger partial charge on any atom is 0.297 e. The van der Waals surface area contributed by atoms with Crippen molar-refractivity contribution in [2.75, 3.05) is 25.6 Å². The molecule has 0 saturated heterocycles. The molecule has 0 heterocycles. The Morgan fingerprint density at radius 1 is 1.09 bits per heavy atom. The zero-order chi connectivity index (χ0) is 16.2. The fraction of sp³-hybridized carbons (Fsp3) is 0.250. The van der Waals surface area contributed by atoms with Crippen molar-refractivity contribution in [2.45, 2.75) is 11.3 Å². The molecule has 0 spiro atoms. The van der Waals surface area contributed by atoms with Gasteiger partial charge in [0.15, 0.2) is 0 Å². The van der Waals surface area contributed by atoms with Gasteiger partial charge in [-0.1, -0.05) is 29.8 Å². The summed E-state index contributed by atoms with van der Waals surface area (Å²) in [7, 11) is -0.0388. The van der Waals surface area contributed by atoms with Crippen LogP contribution in [0, 0.1) is 0 Å². The van der Waals surface area contributed by atoms with E-state index in [0.717, 1.165) is 11.3 Å². The van der Waals surface area contributed by atoms with Gasteiger partial charge in [-0.2, -0.15) is 8.42 Å². The van der Waals surface area contributed by atoms with E-state index in [2.05, 4.69) is 0 Å². The molecule has 0 bridgehead atoms. The number of rotatable bonds is 6. The Labute approximate surface area is 136 Å². The van der Waals surface area contributed by atoms with Gasteiger partial charge in [0, 0.05) is 24.8 Å². The minimum atomic E-state index is -3.75. The smallest absolute Gasteiger partial charge is 0.297 e. The minimum absolute atomic E-state index is 0.0934. The lowest BCUT2D eigenvalue weighted by molar-refractivity contribution is 0.322. The van der Waals surface area contributed by atoms with Crippen LogP contribution in [0.4, 0.5) is 5.69 Å². The van der Waals surface area contributed by atoms with Crippen molar-refractivity contribution < 1.29 is 12.6 Å². The standard InChI is InChI=1S/C16H18ClNO3S/c1-18(2)15-4-3-5-16(12-15)22(19,20)21-11-10-13-6-8-14(17)9-7-13/h3-9,12H,10-11H2,1-2H3. The van der Waals surface area contributed by atoms with Gasteiger partial charge in [-0.05, 0) is 42.3 Å². The summed E-state index contributed by atoms with van der Waals surface area (Å²) in [6.45, 7) is 0.0934. The average Bonchev–Trinajstić information content (AvgIpc) is 2.49. The fourth-order valence-electron chi connectivity index (χ4n) is 1.91.